The molecule has 0 aliphatic heterocycles. The zero-order valence-corrected chi connectivity index (χ0v) is 11.1. The molecule has 1 aliphatic rings. The molecule has 104 valence electrons. The number of carbonyl (C=O) groups is 1. The van der Waals surface area contributed by atoms with Crippen LogP contribution in [0.2, 0.25) is 0 Å². The molecule has 1 fully saturated rings. The third-order valence-corrected chi connectivity index (χ3v) is 3.72. The van der Waals surface area contributed by atoms with Gasteiger partial charge in [0.1, 0.15) is 5.69 Å². The molecule has 1 aliphatic carbocycles. The Morgan fingerprint density at radius 2 is 2.30 bits per heavy atom. The first kappa shape index (κ1) is 12.8. The Labute approximate surface area is 115 Å². The highest BCUT2D eigenvalue weighted by Crippen LogP contribution is 2.38. The number of aliphatic carboxylic acids is 1. The zero-order chi connectivity index (χ0) is 14.1. The lowest BCUT2D eigenvalue weighted by molar-refractivity contribution is -0.141. The predicted octanol–water partition coefficient (Wildman–Crippen LogP) is 2.41. The summed E-state index contributed by atoms with van der Waals surface area (Å²) in [5, 5.41) is 13.0. The van der Waals surface area contributed by atoms with Gasteiger partial charge >= 0.3 is 5.97 Å². The van der Waals surface area contributed by atoms with Gasteiger partial charge in [0, 0.05) is 12.1 Å². The minimum absolute atomic E-state index is 0.0437. The monoisotopic (exact) mass is 273 g/mol. The molecule has 1 saturated carbocycles. The molecule has 3 rings (SSSR count). The maximum absolute atomic E-state index is 11.0. The van der Waals surface area contributed by atoms with Gasteiger partial charge in [0.25, 0.3) is 0 Å². The second-order valence-corrected chi connectivity index (χ2v) is 5.22. The molecule has 2 unspecified atom stereocenters. The average molecular weight is 273 g/mol. The number of hydrogen-bond acceptors (Lipinski definition) is 5. The molecule has 6 nitrogen and oxygen atoms in total. The van der Waals surface area contributed by atoms with E-state index in [1.54, 1.807) is 6.20 Å². The van der Waals surface area contributed by atoms with Crippen molar-refractivity contribution in [3.05, 3.63) is 29.8 Å². The van der Waals surface area contributed by atoms with Crippen LogP contribution in [0.3, 0.4) is 0 Å². The van der Waals surface area contributed by atoms with Crippen molar-refractivity contribution in [2.75, 3.05) is 0 Å². The molecule has 6 heteroatoms. The predicted molar refractivity (Wildman–Crippen MR) is 70.0 cm³/mol. The Hall–Kier alpha value is -2.24. The van der Waals surface area contributed by atoms with Gasteiger partial charge in [-0.25, -0.2) is 0 Å². The van der Waals surface area contributed by atoms with Crippen LogP contribution in [0, 0.1) is 12.8 Å². The first-order valence-electron chi connectivity index (χ1n) is 6.63. The second kappa shape index (κ2) is 5.03. The third-order valence-electron chi connectivity index (χ3n) is 3.72. The van der Waals surface area contributed by atoms with Gasteiger partial charge in [-0.1, -0.05) is 5.16 Å². The fraction of sp³-hybridized carbons (Fsp3) is 0.429. The molecular weight excluding hydrogens is 258 g/mol. The van der Waals surface area contributed by atoms with Gasteiger partial charge in [-0.15, -0.1) is 0 Å². The minimum Gasteiger partial charge on any atom is -0.481 e. The first-order chi connectivity index (χ1) is 9.63. The Bertz CT molecular complexity index is 638. The molecule has 0 bridgehead atoms. The van der Waals surface area contributed by atoms with E-state index < -0.39 is 5.97 Å². The zero-order valence-electron chi connectivity index (χ0n) is 11.1. The molecule has 0 aromatic carbocycles. The summed E-state index contributed by atoms with van der Waals surface area (Å²) < 4.78 is 5.28. The van der Waals surface area contributed by atoms with Gasteiger partial charge in [-0.05, 0) is 43.9 Å². The van der Waals surface area contributed by atoms with E-state index >= 15 is 0 Å². The summed E-state index contributed by atoms with van der Waals surface area (Å²) in [7, 11) is 0. The summed E-state index contributed by atoms with van der Waals surface area (Å²) in [6, 6.07) is 3.79. The highest BCUT2D eigenvalue weighted by Gasteiger charge is 2.33. The van der Waals surface area contributed by atoms with Crippen molar-refractivity contribution < 1.29 is 14.4 Å². The highest BCUT2D eigenvalue weighted by atomic mass is 16.5. The van der Waals surface area contributed by atoms with Crippen molar-refractivity contribution in [2.24, 2.45) is 5.92 Å². The fourth-order valence-electron chi connectivity index (χ4n) is 2.59. The summed E-state index contributed by atoms with van der Waals surface area (Å²) >= 11 is 0. The molecular formula is C14H15N3O3. The van der Waals surface area contributed by atoms with E-state index in [1.807, 2.05) is 19.1 Å². The molecule has 2 atom stereocenters. The number of pyridine rings is 1. The maximum Gasteiger partial charge on any atom is 0.306 e. The van der Waals surface area contributed by atoms with Crippen molar-refractivity contribution in [2.45, 2.75) is 32.1 Å². The number of rotatable bonds is 3. The molecule has 2 heterocycles. The lowest BCUT2D eigenvalue weighted by Gasteiger charge is -2.02. The largest absolute Gasteiger partial charge is 0.481 e. The molecule has 1 N–H and O–H groups in total. The van der Waals surface area contributed by atoms with Crippen LogP contribution in [0.5, 0.6) is 0 Å². The van der Waals surface area contributed by atoms with Crippen LogP contribution in [0.1, 0.15) is 36.6 Å². The standard InChI is InChI=1S/C14H15N3O3/c1-8-4-5-15-11(6-8)12-16-13(20-17-12)9-2-3-10(7-9)14(18)19/h4-6,9-10H,2-3,7H2,1H3,(H,18,19). The van der Waals surface area contributed by atoms with E-state index in [0.29, 0.717) is 30.3 Å². The van der Waals surface area contributed by atoms with Gasteiger partial charge in [0.2, 0.25) is 11.7 Å². The van der Waals surface area contributed by atoms with Crippen molar-refractivity contribution in [1.82, 2.24) is 15.1 Å². The van der Waals surface area contributed by atoms with Crippen molar-refractivity contribution >= 4 is 5.97 Å². The van der Waals surface area contributed by atoms with Crippen LogP contribution in [0.15, 0.2) is 22.9 Å². The molecule has 20 heavy (non-hydrogen) atoms. The number of carboxylic acids is 1. The third kappa shape index (κ3) is 2.41. The molecule has 0 amide bonds. The second-order valence-electron chi connectivity index (χ2n) is 5.22. The Balaban J connectivity index is 1.79. The average Bonchev–Trinajstić information content (AvgIpc) is 3.08. The fourth-order valence-corrected chi connectivity index (χ4v) is 2.59. The summed E-state index contributed by atoms with van der Waals surface area (Å²) in [6.45, 7) is 1.97. The molecule has 0 spiro atoms. The maximum atomic E-state index is 11.0. The first-order valence-corrected chi connectivity index (χ1v) is 6.63. The SMILES string of the molecule is Cc1ccnc(-c2noc(C3CCC(C(=O)O)C3)n2)c1. The molecule has 0 radical (unpaired) electrons. The quantitative estimate of drug-likeness (QED) is 0.923. The molecule has 2 aromatic heterocycles. The van der Waals surface area contributed by atoms with Crippen molar-refractivity contribution in [1.29, 1.82) is 0 Å². The topological polar surface area (TPSA) is 89.1 Å². The lowest BCUT2D eigenvalue weighted by atomic mass is 10.1. The van der Waals surface area contributed by atoms with Crippen LogP contribution in [-0.4, -0.2) is 26.2 Å². The molecule has 2 aromatic rings. The van der Waals surface area contributed by atoms with Gasteiger partial charge in [-0.3, -0.25) is 9.78 Å². The number of nitrogens with zero attached hydrogens (tertiary/aromatic N) is 3. The number of carboxylic acid groups (broad SMARTS) is 1. The summed E-state index contributed by atoms with van der Waals surface area (Å²) in [4.78, 5) is 19.5. The number of aromatic nitrogens is 3. The van der Waals surface area contributed by atoms with Gasteiger partial charge in [-0.2, -0.15) is 4.98 Å². The Kier molecular flexibility index (Phi) is 3.22. The van der Waals surface area contributed by atoms with Gasteiger partial charge in [0.05, 0.1) is 5.92 Å². The number of hydrogen-bond donors (Lipinski definition) is 1. The normalized spacial score (nSPS) is 22.1. The van der Waals surface area contributed by atoms with Crippen LogP contribution in [0.4, 0.5) is 0 Å². The van der Waals surface area contributed by atoms with Crippen LogP contribution in [0.25, 0.3) is 11.5 Å². The van der Waals surface area contributed by atoms with Crippen LogP contribution >= 0.6 is 0 Å². The Morgan fingerprint density at radius 3 is 3.00 bits per heavy atom. The smallest absolute Gasteiger partial charge is 0.306 e. The molecule has 0 saturated heterocycles. The van der Waals surface area contributed by atoms with Gasteiger partial charge in [0.15, 0.2) is 0 Å². The summed E-state index contributed by atoms with van der Waals surface area (Å²) in [6.07, 6.45) is 3.72. The van der Waals surface area contributed by atoms with E-state index in [9.17, 15) is 4.79 Å². The van der Waals surface area contributed by atoms with E-state index in [1.165, 1.54) is 0 Å². The van der Waals surface area contributed by atoms with Gasteiger partial charge < -0.3 is 9.63 Å². The van der Waals surface area contributed by atoms with Crippen molar-refractivity contribution in [3.8, 4) is 11.5 Å². The van der Waals surface area contributed by atoms with E-state index in [0.717, 1.165) is 12.0 Å². The number of aryl methyl sites for hydroxylation is 1. The Morgan fingerprint density at radius 1 is 1.45 bits per heavy atom. The summed E-state index contributed by atoms with van der Waals surface area (Å²) in [5.74, 6) is -0.0169. The van der Waals surface area contributed by atoms with Crippen molar-refractivity contribution in [3.63, 3.8) is 0 Å². The van der Waals surface area contributed by atoms with E-state index in [2.05, 4.69) is 15.1 Å². The summed E-state index contributed by atoms with van der Waals surface area (Å²) in [5.41, 5.74) is 1.75. The van der Waals surface area contributed by atoms with E-state index in [-0.39, 0.29) is 11.8 Å². The van der Waals surface area contributed by atoms with E-state index in [4.69, 9.17) is 9.63 Å². The minimum atomic E-state index is -0.743. The van der Waals surface area contributed by atoms with Crippen LogP contribution < -0.4 is 0 Å². The highest BCUT2D eigenvalue weighted by molar-refractivity contribution is 5.70. The lowest BCUT2D eigenvalue weighted by Crippen LogP contribution is -2.09. The van der Waals surface area contributed by atoms with Crippen LogP contribution in [-0.2, 0) is 4.79 Å².